The van der Waals surface area contributed by atoms with E-state index in [1.807, 2.05) is 6.07 Å². The zero-order valence-corrected chi connectivity index (χ0v) is 9.71. The second-order valence-corrected chi connectivity index (χ2v) is 4.48. The Morgan fingerprint density at radius 2 is 2.07 bits per heavy atom. The van der Waals surface area contributed by atoms with Crippen molar-refractivity contribution in [3.63, 3.8) is 0 Å². The number of fused-ring (bicyclic) bond motifs is 1. The largest absolute Gasteiger partial charge is 0.496 e. The van der Waals surface area contributed by atoms with E-state index in [9.17, 15) is 5.11 Å². The van der Waals surface area contributed by atoms with Crippen LogP contribution in [0.1, 0.15) is 42.9 Å². The zero-order chi connectivity index (χ0) is 11.0. The smallest absolute Gasteiger partial charge is 0.122 e. The summed E-state index contributed by atoms with van der Waals surface area (Å²) in [5, 5.41) is 10.6. The summed E-state index contributed by atoms with van der Waals surface area (Å²) in [4.78, 5) is 0. The second kappa shape index (κ2) is 4.03. The van der Waals surface area contributed by atoms with Crippen molar-refractivity contribution >= 4 is 11.6 Å². The molecule has 2 nitrogen and oxygen atoms in total. The lowest BCUT2D eigenvalue weighted by molar-refractivity contribution is 0.150. The monoisotopic (exact) mass is 226 g/mol. The highest BCUT2D eigenvalue weighted by molar-refractivity contribution is 6.31. The van der Waals surface area contributed by atoms with Crippen LogP contribution in [0.25, 0.3) is 0 Å². The minimum atomic E-state index is -0.446. The first-order valence-electron chi connectivity index (χ1n) is 5.19. The molecule has 0 spiro atoms. The second-order valence-electron chi connectivity index (χ2n) is 4.07. The highest BCUT2D eigenvalue weighted by atomic mass is 35.5. The molecular weight excluding hydrogens is 212 g/mol. The van der Waals surface area contributed by atoms with Crippen molar-refractivity contribution in [2.24, 2.45) is 0 Å². The predicted octanol–water partition coefficient (Wildman–Crippen LogP) is 3.28. The van der Waals surface area contributed by atoms with E-state index in [1.165, 1.54) is 0 Å². The molecule has 1 aliphatic carbocycles. The summed E-state index contributed by atoms with van der Waals surface area (Å²) in [5.41, 5.74) is 1.93. The first-order valence-corrected chi connectivity index (χ1v) is 5.57. The molecule has 15 heavy (non-hydrogen) atoms. The molecule has 0 radical (unpaired) electrons. The minimum absolute atomic E-state index is 0.400. The average molecular weight is 227 g/mol. The van der Waals surface area contributed by atoms with Crippen molar-refractivity contribution in [3.8, 4) is 5.75 Å². The zero-order valence-electron chi connectivity index (χ0n) is 8.96. The number of halogens is 1. The fraction of sp³-hybridized carbons (Fsp3) is 0.500. The molecule has 1 aromatic carbocycles. The third-order valence-electron chi connectivity index (χ3n) is 3.11. The van der Waals surface area contributed by atoms with Crippen molar-refractivity contribution in [2.45, 2.75) is 31.8 Å². The van der Waals surface area contributed by atoms with Crippen LogP contribution in [0, 0.1) is 0 Å². The topological polar surface area (TPSA) is 29.5 Å². The summed E-state index contributed by atoms with van der Waals surface area (Å²) >= 11 is 6.12. The van der Waals surface area contributed by atoms with E-state index in [0.717, 1.165) is 29.7 Å². The number of rotatable bonds is 1. The van der Waals surface area contributed by atoms with Crippen LogP contribution in [0.15, 0.2) is 12.1 Å². The van der Waals surface area contributed by atoms with E-state index < -0.39 is 6.10 Å². The van der Waals surface area contributed by atoms with Gasteiger partial charge in [0.2, 0.25) is 0 Å². The first kappa shape index (κ1) is 10.8. The van der Waals surface area contributed by atoms with Gasteiger partial charge in [-0.25, -0.2) is 0 Å². The summed E-state index contributed by atoms with van der Waals surface area (Å²) in [6, 6.07) is 3.66. The summed E-state index contributed by atoms with van der Waals surface area (Å²) in [6.45, 7) is 2.14. The maximum atomic E-state index is 9.94. The van der Waals surface area contributed by atoms with Crippen LogP contribution in [0.3, 0.4) is 0 Å². The number of ether oxygens (including phenoxy) is 1. The molecule has 0 saturated carbocycles. The quantitative estimate of drug-likeness (QED) is 0.797. The minimum Gasteiger partial charge on any atom is -0.496 e. The van der Waals surface area contributed by atoms with Crippen molar-refractivity contribution in [2.75, 3.05) is 7.11 Å². The summed E-state index contributed by atoms with van der Waals surface area (Å²) in [6.07, 6.45) is 1.31. The van der Waals surface area contributed by atoms with E-state index in [0.29, 0.717) is 10.9 Å². The van der Waals surface area contributed by atoms with Gasteiger partial charge >= 0.3 is 0 Å². The van der Waals surface area contributed by atoms with Gasteiger partial charge in [0.1, 0.15) is 5.75 Å². The van der Waals surface area contributed by atoms with E-state index >= 15 is 0 Å². The highest BCUT2D eigenvalue weighted by Crippen LogP contribution is 2.45. The molecule has 0 heterocycles. The van der Waals surface area contributed by atoms with E-state index in [4.69, 9.17) is 16.3 Å². The van der Waals surface area contributed by atoms with Crippen LogP contribution in [-0.2, 0) is 0 Å². The van der Waals surface area contributed by atoms with Crippen LogP contribution in [0.5, 0.6) is 5.75 Å². The van der Waals surface area contributed by atoms with Gasteiger partial charge in [0.25, 0.3) is 0 Å². The molecule has 82 valence electrons. The Balaban J connectivity index is 2.63. The van der Waals surface area contributed by atoms with E-state index in [-0.39, 0.29) is 0 Å². The van der Waals surface area contributed by atoms with Gasteiger partial charge in [0.05, 0.1) is 13.2 Å². The lowest BCUT2D eigenvalue weighted by Crippen LogP contribution is -2.14. The predicted molar refractivity (Wildman–Crippen MR) is 60.6 cm³/mol. The first-order chi connectivity index (χ1) is 7.15. The van der Waals surface area contributed by atoms with Crippen molar-refractivity contribution in [1.29, 1.82) is 0 Å². The Morgan fingerprint density at radius 1 is 1.33 bits per heavy atom. The van der Waals surface area contributed by atoms with Crippen molar-refractivity contribution in [3.05, 3.63) is 28.3 Å². The number of hydrogen-bond acceptors (Lipinski definition) is 2. The van der Waals surface area contributed by atoms with Crippen LogP contribution < -0.4 is 4.74 Å². The Bertz CT molecular complexity index is 376. The average Bonchev–Trinajstić information content (AvgIpc) is 2.23. The SMILES string of the molecule is COc1ccc(Cl)c2c1C(C)CC[C@H]2O. The van der Waals surface area contributed by atoms with Gasteiger partial charge in [-0.2, -0.15) is 0 Å². The van der Waals surface area contributed by atoms with Gasteiger partial charge in [0.15, 0.2) is 0 Å². The third-order valence-corrected chi connectivity index (χ3v) is 3.44. The highest BCUT2D eigenvalue weighted by Gasteiger charge is 2.28. The Morgan fingerprint density at radius 3 is 2.73 bits per heavy atom. The van der Waals surface area contributed by atoms with Crippen molar-refractivity contribution < 1.29 is 9.84 Å². The van der Waals surface area contributed by atoms with Gasteiger partial charge in [-0.1, -0.05) is 18.5 Å². The molecule has 1 aliphatic rings. The van der Waals surface area contributed by atoms with E-state index in [1.54, 1.807) is 13.2 Å². The molecular formula is C12H15ClO2. The number of hydrogen-bond donors (Lipinski definition) is 1. The molecule has 0 aliphatic heterocycles. The van der Waals surface area contributed by atoms with E-state index in [2.05, 4.69) is 6.92 Å². The Labute approximate surface area is 94.8 Å². The maximum Gasteiger partial charge on any atom is 0.122 e. The maximum absolute atomic E-state index is 9.94. The summed E-state index contributed by atoms with van der Waals surface area (Å²) < 4.78 is 5.32. The van der Waals surface area contributed by atoms with Crippen LogP contribution in [0.2, 0.25) is 5.02 Å². The van der Waals surface area contributed by atoms with Gasteiger partial charge < -0.3 is 9.84 Å². The van der Waals surface area contributed by atoms with Crippen LogP contribution in [0.4, 0.5) is 0 Å². The van der Waals surface area contributed by atoms with Gasteiger partial charge in [-0.05, 0) is 30.9 Å². The Hall–Kier alpha value is -0.730. The fourth-order valence-electron chi connectivity index (χ4n) is 2.31. The number of aliphatic hydroxyl groups excluding tert-OH is 1. The summed E-state index contributed by atoms with van der Waals surface area (Å²) in [7, 11) is 1.65. The molecule has 0 amide bonds. The Kier molecular flexibility index (Phi) is 2.89. The fourth-order valence-corrected chi connectivity index (χ4v) is 2.60. The molecule has 0 aromatic heterocycles. The number of methoxy groups -OCH3 is 1. The van der Waals surface area contributed by atoms with Crippen molar-refractivity contribution in [1.82, 2.24) is 0 Å². The lowest BCUT2D eigenvalue weighted by Gasteiger charge is -2.29. The van der Waals surface area contributed by atoms with Gasteiger partial charge in [-0.15, -0.1) is 0 Å². The van der Waals surface area contributed by atoms with Crippen LogP contribution in [-0.4, -0.2) is 12.2 Å². The molecule has 0 fully saturated rings. The van der Waals surface area contributed by atoms with Crippen LogP contribution >= 0.6 is 11.6 Å². The lowest BCUT2D eigenvalue weighted by atomic mass is 9.81. The molecule has 1 aromatic rings. The summed E-state index contributed by atoms with van der Waals surface area (Å²) in [5.74, 6) is 1.23. The molecule has 2 rings (SSSR count). The van der Waals surface area contributed by atoms with Gasteiger partial charge in [-0.3, -0.25) is 0 Å². The molecule has 0 bridgehead atoms. The third kappa shape index (κ3) is 1.72. The number of aliphatic hydroxyl groups is 1. The molecule has 2 atom stereocenters. The van der Waals surface area contributed by atoms with Gasteiger partial charge in [0, 0.05) is 16.1 Å². The molecule has 0 saturated heterocycles. The normalized spacial score (nSPS) is 24.8. The molecule has 1 unspecified atom stereocenters. The standard InChI is InChI=1S/C12H15ClO2/c1-7-3-5-9(14)12-8(13)4-6-10(15-2)11(7)12/h4,6-7,9,14H,3,5H2,1-2H3/t7?,9-/m1/s1. The number of benzene rings is 1. The molecule has 3 heteroatoms. The molecule has 1 N–H and O–H groups in total.